The molecule has 2 aromatic rings. The fraction of sp³-hybridized carbons (Fsp3) is 0.593. The van der Waals surface area contributed by atoms with Gasteiger partial charge in [0.1, 0.15) is 5.60 Å². The van der Waals surface area contributed by atoms with Gasteiger partial charge < -0.3 is 18.8 Å². The van der Waals surface area contributed by atoms with Crippen LogP contribution in [0.25, 0.3) is 0 Å². The molecule has 1 aromatic carbocycles. The van der Waals surface area contributed by atoms with Gasteiger partial charge in [0.05, 0.1) is 16.9 Å². The van der Waals surface area contributed by atoms with E-state index in [-0.39, 0.29) is 24.9 Å². The molecule has 4 rings (SSSR count). The van der Waals surface area contributed by atoms with Crippen molar-refractivity contribution in [3.63, 3.8) is 0 Å². The maximum atomic E-state index is 12.2. The first-order valence-corrected chi connectivity index (χ1v) is 13.6. The molecule has 36 heavy (non-hydrogen) atoms. The first kappa shape index (κ1) is 27.0. The summed E-state index contributed by atoms with van der Waals surface area (Å²) >= 11 is 1.56. The summed E-state index contributed by atoms with van der Waals surface area (Å²) in [6.07, 6.45) is 3.93. The highest BCUT2D eigenvalue weighted by Gasteiger charge is 2.51. The Morgan fingerprint density at radius 2 is 1.67 bits per heavy atom. The standard InChI is InChI=1S/C27H37BN2O5S/c1-25(2,3)33-22(31)16-32-23-20-10-8-9-11-21(20)29-24(30-23)36-17-18-12-14-19(15-13-18)28-34-26(4,5)27(6,7)35-28/h12-15H,8-11,16-17H2,1-7H3. The summed E-state index contributed by atoms with van der Waals surface area (Å²) in [7, 11) is -0.370. The number of hydrogen-bond donors (Lipinski definition) is 0. The second-order valence-electron chi connectivity index (χ2n) is 11.4. The van der Waals surface area contributed by atoms with Gasteiger partial charge in [-0.15, -0.1) is 0 Å². The van der Waals surface area contributed by atoms with Gasteiger partial charge in [-0.25, -0.2) is 9.78 Å². The molecule has 2 heterocycles. The zero-order chi connectivity index (χ0) is 26.1. The number of nitrogens with zero attached hydrogens (tertiary/aromatic N) is 2. The molecule has 1 fully saturated rings. The van der Waals surface area contributed by atoms with Gasteiger partial charge in [0.25, 0.3) is 0 Å². The molecule has 1 aromatic heterocycles. The van der Waals surface area contributed by atoms with Gasteiger partial charge in [0.2, 0.25) is 5.88 Å². The molecule has 0 amide bonds. The third kappa shape index (κ3) is 6.42. The predicted octanol–water partition coefficient (Wildman–Crippen LogP) is 4.67. The van der Waals surface area contributed by atoms with Crippen molar-refractivity contribution >= 4 is 30.3 Å². The van der Waals surface area contributed by atoms with Crippen molar-refractivity contribution < 1.29 is 23.6 Å². The minimum Gasteiger partial charge on any atom is -0.465 e. The Kier molecular flexibility index (Phi) is 7.74. The van der Waals surface area contributed by atoms with Gasteiger partial charge in [0.15, 0.2) is 11.8 Å². The quantitative estimate of drug-likeness (QED) is 0.229. The van der Waals surface area contributed by atoms with Crippen LogP contribution < -0.4 is 10.2 Å². The fourth-order valence-electron chi connectivity index (χ4n) is 4.12. The largest absolute Gasteiger partial charge is 0.494 e. The van der Waals surface area contributed by atoms with Crippen LogP contribution in [0.5, 0.6) is 5.88 Å². The Balaban J connectivity index is 1.41. The maximum absolute atomic E-state index is 12.2. The van der Waals surface area contributed by atoms with Gasteiger partial charge in [-0.2, -0.15) is 4.98 Å². The number of aromatic nitrogens is 2. The molecular formula is C27H37BN2O5S. The lowest BCUT2D eigenvalue weighted by atomic mass is 9.79. The molecule has 194 valence electrons. The van der Waals surface area contributed by atoms with Crippen molar-refractivity contribution in [3.05, 3.63) is 41.1 Å². The molecule has 1 aliphatic heterocycles. The average molecular weight is 512 g/mol. The summed E-state index contributed by atoms with van der Waals surface area (Å²) in [5.74, 6) is 0.819. The van der Waals surface area contributed by atoms with Crippen molar-refractivity contribution in [1.29, 1.82) is 0 Å². The number of hydrogen-bond acceptors (Lipinski definition) is 8. The van der Waals surface area contributed by atoms with E-state index in [1.165, 1.54) is 0 Å². The van der Waals surface area contributed by atoms with E-state index >= 15 is 0 Å². The van der Waals surface area contributed by atoms with Crippen LogP contribution in [0.15, 0.2) is 29.4 Å². The summed E-state index contributed by atoms with van der Waals surface area (Å²) in [5, 5.41) is 0.657. The summed E-state index contributed by atoms with van der Waals surface area (Å²) in [4.78, 5) is 21.6. The monoisotopic (exact) mass is 512 g/mol. The maximum Gasteiger partial charge on any atom is 0.494 e. The van der Waals surface area contributed by atoms with Gasteiger partial charge in [-0.05, 0) is 85.2 Å². The van der Waals surface area contributed by atoms with Gasteiger partial charge >= 0.3 is 13.1 Å². The number of carbonyl (C=O) groups excluding carboxylic acids is 1. The SMILES string of the molecule is CC(C)(C)OC(=O)COc1nc(SCc2ccc(B3OC(C)(C)C(C)(C)O3)cc2)nc2c1CCCC2. The lowest BCUT2D eigenvalue weighted by Gasteiger charge is -2.32. The Morgan fingerprint density at radius 1 is 1.03 bits per heavy atom. The minimum absolute atomic E-state index is 0.161. The number of benzene rings is 1. The smallest absolute Gasteiger partial charge is 0.465 e. The van der Waals surface area contributed by atoms with E-state index < -0.39 is 11.6 Å². The first-order chi connectivity index (χ1) is 16.8. The molecule has 0 bridgehead atoms. The normalized spacial score (nSPS) is 18.6. The van der Waals surface area contributed by atoms with E-state index in [1.807, 2.05) is 20.8 Å². The Bertz CT molecular complexity index is 1080. The topological polar surface area (TPSA) is 79.8 Å². The van der Waals surface area contributed by atoms with Crippen molar-refractivity contribution in [1.82, 2.24) is 9.97 Å². The van der Waals surface area contributed by atoms with E-state index in [9.17, 15) is 4.79 Å². The van der Waals surface area contributed by atoms with Crippen LogP contribution >= 0.6 is 11.8 Å². The van der Waals surface area contributed by atoms with Crippen LogP contribution in [0.4, 0.5) is 0 Å². The van der Waals surface area contributed by atoms with Gasteiger partial charge in [0, 0.05) is 11.3 Å². The zero-order valence-electron chi connectivity index (χ0n) is 22.5. The van der Waals surface area contributed by atoms with Crippen LogP contribution in [0.3, 0.4) is 0 Å². The Labute approximate surface area is 219 Å². The number of aryl methyl sites for hydroxylation is 1. The lowest BCUT2D eigenvalue weighted by Crippen LogP contribution is -2.41. The highest BCUT2D eigenvalue weighted by Crippen LogP contribution is 2.36. The molecule has 7 nitrogen and oxygen atoms in total. The van der Waals surface area contributed by atoms with E-state index in [2.05, 4.69) is 56.9 Å². The van der Waals surface area contributed by atoms with E-state index in [0.29, 0.717) is 16.8 Å². The third-order valence-corrected chi connectivity index (χ3v) is 7.66. The van der Waals surface area contributed by atoms with E-state index in [0.717, 1.165) is 48.0 Å². The van der Waals surface area contributed by atoms with Crippen molar-refractivity contribution in [2.45, 2.75) is 102 Å². The lowest BCUT2D eigenvalue weighted by molar-refractivity contribution is -0.157. The molecule has 2 aliphatic rings. The average Bonchev–Trinajstić information content (AvgIpc) is 3.02. The van der Waals surface area contributed by atoms with Crippen LogP contribution in [-0.2, 0) is 37.4 Å². The van der Waals surface area contributed by atoms with Crippen LogP contribution in [-0.4, -0.2) is 46.5 Å². The molecule has 0 unspecified atom stereocenters. The third-order valence-electron chi connectivity index (χ3n) is 6.74. The number of carbonyl (C=O) groups is 1. The van der Waals surface area contributed by atoms with Crippen LogP contribution in [0.2, 0.25) is 0 Å². The molecule has 1 aliphatic carbocycles. The number of esters is 1. The van der Waals surface area contributed by atoms with Crippen molar-refractivity contribution in [3.8, 4) is 5.88 Å². The minimum atomic E-state index is -0.551. The van der Waals surface area contributed by atoms with E-state index in [1.54, 1.807) is 11.8 Å². The highest BCUT2D eigenvalue weighted by atomic mass is 32.2. The Morgan fingerprint density at radius 3 is 2.31 bits per heavy atom. The van der Waals surface area contributed by atoms with Gasteiger partial charge in [-0.1, -0.05) is 36.0 Å². The molecule has 9 heteroatoms. The van der Waals surface area contributed by atoms with Gasteiger partial charge in [-0.3, -0.25) is 0 Å². The van der Waals surface area contributed by atoms with Crippen LogP contribution in [0.1, 0.15) is 78.1 Å². The Hall–Kier alpha value is -2.10. The summed E-state index contributed by atoms with van der Waals surface area (Å²) < 4.78 is 23.5. The van der Waals surface area contributed by atoms with Crippen molar-refractivity contribution in [2.24, 2.45) is 0 Å². The molecule has 0 saturated carbocycles. The van der Waals surface area contributed by atoms with Crippen LogP contribution in [0, 0.1) is 0 Å². The molecule has 0 radical (unpaired) electrons. The molecule has 1 saturated heterocycles. The molecule has 0 spiro atoms. The summed E-state index contributed by atoms with van der Waals surface area (Å²) in [6.45, 7) is 13.6. The van der Waals surface area contributed by atoms with Crippen molar-refractivity contribution in [2.75, 3.05) is 6.61 Å². The van der Waals surface area contributed by atoms with E-state index in [4.69, 9.17) is 23.8 Å². The number of ether oxygens (including phenoxy) is 2. The second kappa shape index (κ2) is 10.3. The summed E-state index contributed by atoms with van der Waals surface area (Å²) in [6, 6.07) is 8.29. The molecular weight excluding hydrogens is 475 g/mol. The zero-order valence-corrected chi connectivity index (χ0v) is 23.3. The first-order valence-electron chi connectivity index (χ1n) is 12.6. The summed E-state index contributed by atoms with van der Waals surface area (Å²) in [5.41, 5.74) is 2.92. The fourth-order valence-corrected chi connectivity index (χ4v) is 4.93. The second-order valence-corrected chi connectivity index (χ2v) is 12.4. The molecule has 0 N–H and O–H groups in total. The number of fused-ring (bicyclic) bond motifs is 1. The predicted molar refractivity (Wildman–Crippen MR) is 142 cm³/mol. The molecule has 0 atom stereocenters. The number of rotatable bonds is 7. The highest BCUT2D eigenvalue weighted by molar-refractivity contribution is 7.98. The number of thioether (sulfide) groups is 1.